The number of anilines is 1. The third kappa shape index (κ3) is 5.88. The Hall–Kier alpha value is -2.94. The standard InChI is InChI=1S/C17H20N6O2/c18-12-14(13-19)21-22-16-5-2-1-4-15(16)17(24)20-6-3-7-23-8-10-25-11-9-23/h1-2,4-5,22H,3,6-11H2,(H,20,24). The van der Waals surface area contributed by atoms with Gasteiger partial charge in [0.2, 0.25) is 5.71 Å². The number of nitrogens with zero attached hydrogens (tertiary/aromatic N) is 4. The van der Waals surface area contributed by atoms with Gasteiger partial charge in [0.05, 0.1) is 24.5 Å². The average molecular weight is 340 g/mol. The first-order chi connectivity index (χ1) is 12.2. The number of ether oxygens (including phenoxy) is 1. The van der Waals surface area contributed by atoms with Gasteiger partial charge in [-0.25, -0.2) is 0 Å². The van der Waals surface area contributed by atoms with Crippen LogP contribution in [0.15, 0.2) is 29.4 Å². The largest absolute Gasteiger partial charge is 0.379 e. The van der Waals surface area contributed by atoms with Crippen molar-refractivity contribution in [3.05, 3.63) is 29.8 Å². The maximum absolute atomic E-state index is 12.3. The number of benzene rings is 1. The highest BCUT2D eigenvalue weighted by Gasteiger charge is 2.12. The molecule has 0 saturated carbocycles. The van der Waals surface area contributed by atoms with Crippen LogP contribution in [-0.4, -0.2) is 55.9 Å². The topological polar surface area (TPSA) is 114 Å². The van der Waals surface area contributed by atoms with Crippen LogP contribution in [0.2, 0.25) is 0 Å². The third-order valence-electron chi connectivity index (χ3n) is 3.71. The first kappa shape index (κ1) is 18.4. The van der Waals surface area contributed by atoms with E-state index in [0.29, 0.717) is 17.8 Å². The Bertz CT molecular complexity index is 682. The first-order valence-electron chi connectivity index (χ1n) is 8.06. The second-order valence-electron chi connectivity index (χ2n) is 5.40. The van der Waals surface area contributed by atoms with Gasteiger partial charge in [-0.05, 0) is 25.1 Å². The molecule has 0 atom stereocenters. The van der Waals surface area contributed by atoms with Crippen LogP contribution in [0, 0.1) is 22.7 Å². The maximum Gasteiger partial charge on any atom is 0.253 e. The van der Waals surface area contributed by atoms with E-state index in [1.54, 1.807) is 36.4 Å². The first-order valence-corrected chi connectivity index (χ1v) is 8.06. The number of rotatable bonds is 7. The molecule has 1 fully saturated rings. The summed E-state index contributed by atoms with van der Waals surface area (Å²) in [5.74, 6) is -0.226. The third-order valence-corrected chi connectivity index (χ3v) is 3.71. The molecule has 1 heterocycles. The predicted molar refractivity (Wildman–Crippen MR) is 92.9 cm³/mol. The van der Waals surface area contributed by atoms with Gasteiger partial charge in [-0.3, -0.25) is 15.1 Å². The summed E-state index contributed by atoms with van der Waals surface area (Å²) in [5.41, 5.74) is 3.14. The van der Waals surface area contributed by atoms with Gasteiger partial charge in [-0.15, -0.1) is 0 Å². The second kappa shape index (κ2) is 10.0. The predicted octanol–water partition coefficient (Wildman–Crippen LogP) is 0.954. The molecule has 1 aromatic rings. The van der Waals surface area contributed by atoms with Crippen LogP contribution >= 0.6 is 0 Å². The molecule has 1 aromatic carbocycles. The summed E-state index contributed by atoms with van der Waals surface area (Å²) < 4.78 is 5.30. The van der Waals surface area contributed by atoms with Crippen LogP contribution in [0.1, 0.15) is 16.8 Å². The highest BCUT2D eigenvalue weighted by Crippen LogP contribution is 2.15. The lowest BCUT2D eigenvalue weighted by atomic mass is 10.1. The molecule has 8 heteroatoms. The molecule has 1 saturated heterocycles. The van der Waals surface area contributed by atoms with E-state index in [0.717, 1.165) is 39.3 Å². The van der Waals surface area contributed by atoms with E-state index in [-0.39, 0.29) is 11.6 Å². The van der Waals surface area contributed by atoms with E-state index >= 15 is 0 Å². The van der Waals surface area contributed by atoms with Crippen LogP contribution in [-0.2, 0) is 4.74 Å². The van der Waals surface area contributed by atoms with Crippen molar-refractivity contribution >= 4 is 17.3 Å². The molecular formula is C17H20N6O2. The molecule has 1 aliphatic heterocycles. The number of hydrazone groups is 1. The molecule has 0 bridgehead atoms. The summed E-state index contributed by atoms with van der Waals surface area (Å²) in [7, 11) is 0. The Morgan fingerprint density at radius 3 is 2.68 bits per heavy atom. The van der Waals surface area contributed by atoms with Crippen LogP contribution in [0.4, 0.5) is 5.69 Å². The number of hydrogen-bond acceptors (Lipinski definition) is 7. The minimum atomic E-state index is -0.305. The highest BCUT2D eigenvalue weighted by molar-refractivity contribution is 6.10. The molecule has 0 spiro atoms. The second-order valence-corrected chi connectivity index (χ2v) is 5.40. The number of nitrogens with one attached hydrogen (secondary N) is 2. The van der Waals surface area contributed by atoms with Gasteiger partial charge in [0.1, 0.15) is 12.1 Å². The molecule has 0 unspecified atom stereocenters. The Labute approximate surface area is 146 Å². The summed E-state index contributed by atoms with van der Waals surface area (Å²) in [5, 5.41) is 24.0. The van der Waals surface area contributed by atoms with Gasteiger partial charge in [-0.2, -0.15) is 15.6 Å². The number of amides is 1. The van der Waals surface area contributed by atoms with Gasteiger partial charge >= 0.3 is 0 Å². The van der Waals surface area contributed by atoms with Crippen LogP contribution in [0.5, 0.6) is 0 Å². The lowest BCUT2D eigenvalue weighted by Gasteiger charge is -2.26. The smallest absolute Gasteiger partial charge is 0.253 e. The Kier molecular flexibility index (Phi) is 7.39. The summed E-state index contributed by atoms with van der Waals surface area (Å²) in [6, 6.07) is 10.1. The summed E-state index contributed by atoms with van der Waals surface area (Å²) >= 11 is 0. The quantitative estimate of drug-likeness (QED) is 0.434. The molecule has 8 nitrogen and oxygen atoms in total. The normalized spacial score (nSPS) is 14.0. The van der Waals surface area contributed by atoms with Crippen molar-refractivity contribution in [3.63, 3.8) is 0 Å². The molecule has 2 rings (SSSR count). The summed E-state index contributed by atoms with van der Waals surface area (Å²) in [4.78, 5) is 14.6. The highest BCUT2D eigenvalue weighted by atomic mass is 16.5. The minimum Gasteiger partial charge on any atom is -0.379 e. The van der Waals surface area contributed by atoms with Gasteiger partial charge in [-0.1, -0.05) is 12.1 Å². The lowest BCUT2D eigenvalue weighted by molar-refractivity contribution is 0.0374. The molecule has 1 amide bonds. The van der Waals surface area contributed by atoms with Crippen molar-refractivity contribution in [3.8, 4) is 12.1 Å². The number of morpholine rings is 1. The average Bonchev–Trinajstić information content (AvgIpc) is 2.67. The van der Waals surface area contributed by atoms with Gasteiger partial charge in [0, 0.05) is 19.6 Å². The number of nitriles is 2. The van der Waals surface area contributed by atoms with E-state index in [1.165, 1.54) is 0 Å². The summed E-state index contributed by atoms with van der Waals surface area (Å²) in [6.07, 6.45) is 0.854. The number of para-hydroxylation sites is 1. The molecule has 25 heavy (non-hydrogen) atoms. The van der Waals surface area contributed by atoms with Gasteiger partial charge in [0.15, 0.2) is 0 Å². The number of carbonyl (C=O) groups excluding carboxylic acids is 1. The van der Waals surface area contributed by atoms with E-state index in [9.17, 15) is 4.79 Å². The van der Waals surface area contributed by atoms with Gasteiger partial charge < -0.3 is 10.1 Å². The SMILES string of the molecule is N#CC(C#N)=NNc1ccccc1C(=O)NCCCN1CCOCC1. The Morgan fingerprint density at radius 1 is 1.24 bits per heavy atom. The van der Waals surface area contributed by atoms with Crippen molar-refractivity contribution in [2.45, 2.75) is 6.42 Å². The van der Waals surface area contributed by atoms with Crippen LogP contribution < -0.4 is 10.7 Å². The minimum absolute atomic E-state index is 0.226. The van der Waals surface area contributed by atoms with Crippen molar-refractivity contribution in [2.75, 3.05) is 44.8 Å². The van der Waals surface area contributed by atoms with Crippen molar-refractivity contribution < 1.29 is 9.53 Å². The molecule has 0 aromatic heterocycles. The number of carbonyl (C=O) groups is 1. The zero-order chi connectivity index (χ0) is 17.9. The van der Waals surface area contributed by atoms with E-state index in [2.05, 4.69) is 20.7 Å². The van der Waals surface area contributed by atoms with E-state index < -0.39 is 0 Å². The zero-order valence-corrected chi connectivity index (χ0v) is 13.9. The molecule has 0 aliphatic carbocycles. The zero-order valence-electron chi connectivity index (χ0n) is 13.9. The van der Waals surface area contributed by atoms with Gasteiger partial charge in [0.25, 0.3) is 5.91 Å². The number of hydrogen-bond donors (Lipinski definition) is 2. The molecular weight excluding hydrogens is 320 g/mol. The van der Waals surface area contributed by atoms with Crippen LogP contribution in [0.25, 0.3) is 0 Å². The fourth-order valence-corrected chi connectivity index (χ4v) is 2.39. The van der Waals surface area contributed by atoms with Crippen molar-refractivity contribution in [1.82, 2.24) is 10.2 Å². The van der Waals surface area contributed by atoms with Crippen molar-refractivity contribution in [1.29, 1.82) is 10.5 Å². The molecule has 130 valence electrons. The van der Waals surface area contributed by atoms with Crippen LogP contribution in [0.3, 0.4) is 0 Å². The van der Waals surface area contributed by atoms with E-state index in [4.69, 9.17) is 15.3 Å². The molecule has 0 radical (unpaired) electrons. The summed E-state index contributed by atoms with van der Waals surface area (Å²) in [6.45, 7) is 4.87. The maximum atomic E-state index is 12.3. The molecule has 1 aliphatic rings. The Balaban J connectivity index is 1.85. The monoisotopic (exact) mass is 340 g/mol. The fraction of sp³-hybridized carbons (Fsp3) is 0.412. The van der Waals surface area contributed by atoms with Crippen molar-refractivity contribution in [2.24, 2.45) is 5.10 Å². The lowest BCUT2D eigenvalue weighted by Crippen LogP contribution is -2.38. The molecule has 2 N–H and O–H groups in total. The Morgan fingerprint density at radius 2 is 1.96 bits per heavy atom. The fourth-order valence-electron chi connectivity index (χ4n) is 2.39. The van der Waals surface area contributed by atoms with E-state index in [1.807, 2.05) is 0 Å².